The number of nitrogens with one attached hydrogen (secondary N) is 1. The monoisotopic (exact) mass is 521 g/mol. The van der Waals surface area contributed by atoms with Crippen molar-refractivity contribution < 1.29 is 25.2 Å². The summed E-state index contributed by atoms with van der Waals surface area (Å²) in [6.45, 7) is 1.07. The van der Waals surface area contributed by atoms with E-state index in [0.717, 1.165) is 11.3 Å². The predicted octanol–water partition coefficient (Wildman–Crippen LogP) is 3.74. The number of ether oxygens (including phenoxy) is 1. The molecular formula is C23H25ClFN5O4S. The summed E-state index contributed by atoms with van der Waals surface area (Å²) in [4.78, 5) is 16.9. The van der Waals surface area contributed by atoms with Crippen LogP contribution in [0.2, 0.25) is 5.02 Å². The van der Waals surface area contributed by atoms with Crippen molar-refractivity contribution in [2.24, 2.45) is 0 Å². The maximum atomic E-state index is 13.8. The number of fused-ring (bicyclic) bond motifs is 1. The molecule has 9 nitrogen and oxygen atoms in total. The summed E-state index contributed by atoms with van der Waals surface area (Å²) >= 11 is 6.12. The lowest BCUT2D eigenvalue weighted by molar-refractivity contribution is -0.118. The van der Waals surface area contributed by atoms with Gasteiger partial charge in [0.15, 0.2) is 5.82 Å². The fourth-order valence-electron chi connectivity index (χ4n) is 4.46. The summed E-state index contributed by atoms with van der Waals surface area (Å²) in [6, 6.07) is 11.6. The van der Waals surface area contributed by atoms with Crippen molar-refractivity contribution in [2.75, 3.05) is 34.7 Å². The van der Waals surface area contributed by atoms with Crippen molar-refractivity contribution in [2.45, 2.75) is 23.8 Å². The van der Waals surface area contributed by atoms with Gasteiger partial charge in [-0.05, 0) is 60.9 Å². The van der Waals surface area contributed by atoms with Crippen molar-refractivity contribution >= 4 is 44.7 Å². The topological polar surface area (TPSA) is 105 Å². The number of halogens is 2. The van der Waals surface area contributed by atoms with Crippen LogP contribution in [0.1, 0.15) is 14.8 Å². The molecule has 1 N–H and O–H groups in total. The van der Waals surface area contributed by atoms with Gasteiger partial charge in [-0.1, -0.05) is 11.6 Å². The number of sulfonamides is 1. The zero-order valence-corrected chi connectivity index (χ0v) is 20.2. The molecule has 12 heteroatoms. The summed E-state index contributed by atoms with van der Waals surface area (Å²) in [6.07, 6.45) is 1.17. The van der Waals surface area contributed by atoms with Gasteiger partial charge in [0.2, 0.25) is 11.8 Å². The Morgan fingerprint density at radius 3 is 2.57 bits per heavy atom. The van der Waals surface area contributed by atoms with E-state index in [4.69, 9.17) is 16.3 Å². The van der Waals surface area contributed by atoms with E-state index in [1.54, 1.807) is 23.1 Å². The Balaban J connectivity index is 0.00000190. The van der Waals surface area contributed by atoms with Crippen LogP contribution in [0.15, 0.2) is 53.4 Å². The van der Waals surface area contributed by atoms with E-state index in [2.05, 4.69) is 14.9 Å². The minimum absolute atomic E-state index is 0. The molecule has 0 saturated carbocycles. The molecule has 1 amide bonds. The van der Waals surface area contributed by atoms with Crippen LogP contribution < -0.4 is 19.3 Å². The molecule has 0 unspecified atom stereocenters. The second-order valence-corrected chi connectivity index (χ2v) is 10.2. The maximum Gasteiger partial charge on any atom is 0.263 e. The van der Waals surface area contributed by atoms with Crippen LogP contribution in [0.5, 0.6) is 5.88 Å². The van der Waals surface area contributed by atoms with Gasteiger partial charge in [0.25, 0.3) is 10.0 Å². The number of rotatable bonds is 6. The number of amides is 1. The predicted molar refractivity (Wildman–Crippen MR) is 133 cm³/mol. The summed E-state index contributed by atoms with van der Waals surface area (Å²) in [7, 11) is -2.47. The molecule has 0 bridgehead atoms. The van der Waals surface area contributed by atoms with Crippen LogP contribution in [0.3, 0.4) is 0 Å². The van der Waals surface area contributed by atoms with Gasteiger partial charge in [-0.25, -0.2) is 12.8 Å². The van der Waals surface area contributed by atoms with E-state index >= 15 is 0 Å². The number of hydrogen-bond acceptors (Lipinski definition) is 7. The summed E-state index contributed by atoms with van der Waals surface area (Å²) in [5, 5.41) is 7.62. The Labute approximate surface area is 209 Å². The van der Waals surface area contributed by atoms with Gasteiger partial charge in [-0.15, -0.1) is 10.2 Å². The Hall–Kier alpha value is -3.44. The molecule has 2 aliphatic rings. The highest BCUT2D eigenvalue weighted by molar-refractivity contribution is 7.92. The van der Waals surface area contributed by atoms with Crippen LogP contribution in [-0.4, -0.2) is 50.8 Å². The first-order chi connectivity index (χ1) is 16.8. The van der Waals surface area contributed by atoms with Crippen LogP contribution in [0.4, 0.5) is 21.6 Å². The molecule has 1 fully saturated rings. The highest BCUT2D eigenvalue weighted by Crippen LogP contribution is 2.38. The second-order valence-electron chi connectivity index (χ2n) is 8.16. The SMILES string of the molecule is COc1ccc(NS(=O)(=O)c2ccc(N3CC[C@H](N4CCc5c4ccc(F)c5Cl)C3=O)cc2)nn1.[HH].[HH]. The molecule has 3 aromatic rings. The molecule has 1 saturated heterocycles. The first kappa shape index (κ1) is 23.3. The Morgan fingerprint density at radius 2 is 1.89 bits per heavy atom. The standard InChI is InChI=1S/C23H21ClFN5O4S.2H2/c1-34-21-9-8-20(26-27-21)28-35(32,33)15-4-2-14(3-5-15)29-13-11-19(23(29)31)30-12-10-16-18(30)7-6-17(25)22(16)24;;/h2-9,19H,10-13H2,1H3,(H,26,28);2*1H/t19-;;/m0../s1. The molecule has 2 aromatic carbocycles. The third-order valence-electron chi connectivity index (χ3n) is 6.18. The van der Waals surface area contributed by atoms with E-state index in [0.29, 0.717) is 31.6 Å². The van der Waals surface area contributed by atoms with E-state index < -0.39 is 21.9 Å². The Morgan fingerprint density at radius 1 is 1.11 bits per heavy atom. The van der Waals surface area contributed by atoms with Crippen molar-refractivity contribution in [1.29, 1.82) is 0 Å². The molecule has 0 radical (unpaired) electrons. The van der Waals surface area contributed by atoms with Gasteiger partial charge in [-0.3, -0.25) is 9.52 Å². The van der Waals surface area contributed by atoms with Gasteiger partial charge >= 0.3 is 0 Å². The summed E-state index contributed by atoms with van der Waals surface area (Å²) < 4.78 is 46.5. The Kier molecular flexibility index (Phi) is 5.97. The molecular weight excluding hydrogens is 497 g/mol. The number of benzene rings is 2. The lowest BCUT2D eigenvalue weighted by Crippen LogP contribution is -2.41. The van der Waals surface area contributed by atoms with Crippen LogP contribution in [0.25, 0.3) is 0 Å². The van der Waals surface area contributed by atoms with Gasteiger partial charge < -0.3 is 14.5 Å². The first-order valence-corrected chi connectivity index (χ1v) is 12.7. The highest BCUT2D eigenvalue weighted by Gasteiger charge is 2.39. The number of aromatic nitrogens is 2. The molecule has 35 heavy (non-hydrogen) atoms. The molecule has 1 aromatic heterocycles. The lowest BCUT2D eigenvalue weighted by Gasteiger charge is -2.26. The second kappa shape index (κ2) is 8.97. The van der Waals surface area contributed by atoms with Gasteiger partial charge in [0.05, 0.1) is 17.0 Å². The van der Waals surface area contributed by atoms with Gasteiger partial charge in [0.1, 0.15) is 11.9 Å². The molecule has 3 heterocycles. The normalized spacial score (nSPS) is 17.6. The van der Waals surface area contributed by atoms with Gasteiger partial charge in [0, 0.05) is 33.4 Å². The molecule has 0 spiro atoms. The smallest absolute Gasteiger partial charge is 0.263 e. The largest absolute Gasteiger partial charge is 0.480 e. The van der Waals surface area contributed by atoms with E-state index in [1.165, 1.54) is 37.4 Å². The zero-order chi connectivity index (χ0) is 24.7. The highest BCUT2D eigenvalue weighted by atomic mass is 35.5. The average Bonchev–Trinajstić information content (AvgIpc) is 3.45. The van der Waals surface area contributed by atoms with Crippen molar-refractivity contribution in [3.05, 3.63) is 64.9 Å². The number of anilines is 3. The van der Waals surface area contributed by atoms with E-state index in [-0.39, 0.29) is 30.4 Å². The van der Waals surface area contributed by atoms with Crippen molar-refractivity contribution in [3.63, 3.8) is 0 Å². The number of hydrogen-bond donors (Lipinski definition) is 1. The molecule has 2 aliphatic heterocycles. The fourth-order valence-corrected chi connectivity index (χ4v) is 5.71. The zero-order valence-electron chi connectivity index (χ0n) is 18.6. The maximum absolute atomic E-state index is 13.8. The number of carbonyl (C=O) groups is 1. The van der Waals surface area contributed by atoms with Crippen molar-refractivity contribution in [1.82, 2.24) is 10.2 Å². The molecule has 0 aliphatic carbocycles. The lowest BCUT2D eigenvalue weighted by atomic mass is 10.1. The third kappa shape index (κ3) is 4.25. The average molecular weight is 522 g/mol. The number of methoxy groups -OCH3 is 1. The minimum atomic E-state index is -3.90. The van der Waals surface area contributed by atoms with Gasteiger partial charge in [-0.2, -0.15) is 0 Å². The number of nitrogens with zero attached hydrogens (tertiary/aromatic N) is 4. The summed E-state index contributed by atoms with van der Waals surface area (Å²) in [5.74, 6) is -0.243. The molecule has 186 valence electrons. The Bertz CT molecular complexity index is 1400. The molecule has 5 rings (SSSR count). The van der Waals surface area contributed by atoms with E-state index in [9.17, 15) is 17.6 Å². The van der Waals surface area contributed by atoms with Crippen molar-refractivity contribution in [3.8, 4) is 5.88 Å². The van der Waals surface area contributed by atoms with Crippen LogP contribution in [-0.2, 0) is 21.2 Å². The first-order valence-electron chi connectivity index (χ1n) is 10.8. The van der Waals surface area contributed by atoms with Crippen LogP contribution >= 0.6 is 11.6 Å². The molecule has 1 atom stereocenters. The van der Waals surface area contributed by atoms with E-state index in [1.807, 2.05) is 4.90 Å². The minimum Gasteiger partial charge on any atom is -0.480 e. The quantitative estimate of drug-likeness (QED) is 0.527. The fraction of sp³-hybridized carbons (Fsp3) is 0.261. The third-order valence-corrected chi connectivity index (χ3v) is 7.96. The number of carbonyl (C=O) groups excluding carboxylic acids is 1. The van der Waals surface area contributed by atoms with Crippen LogP contribution in [0, 0.1) is 5.82 Å². The summed E-state index contributed by atoms with van der Waals surface area (Å²) in [5.41, 5.74) is 2.10.